The fourth-order valence-corrected chi connectivity index (χ4v) is 4.55. The highest BCUT2D eigenvalue weighted by Crippen LogP contribution is 2.35. The van der Waals surface area contributed by atoms with Crippen LogP contribution in [0.4, 0.5) is 0 Å². The molecule has 2 fully saturated rings. The van der Waals surface area contributed by atoms with Crippen molar-refractivity contribution in [2.45, 2.75) is 51.6 Å². The molecule has 2 heterocycles. The highest BCUT2D eigenvalue weighted by Gasteiger charge is 2.31. The smallest absolute Gasteiger partial charge is 0.313 e. The SMILES string of the molecule is CN/N=C/c1sc2c(c1C)c(=O)n(C1CC1)c(=O)n2CC1CCC1. The van der Waals surface area contributed by atoms with Crippen molar-refractivity contribution in [3.05, 3.63) is 31.3 Å². The largest absolute Gasteiger partial charge is 0.332 e. The molecule has 6 nitrogen and oxygen atoms in total. The summed E-state index contributed by atoms with van der Waals surface area (Å²) in [5.41, 5.74) is 3.42. The first-order chi connectivity index (χ1) is 11.6. The molecule has 0 saturated heterocycles. The van der Waals surface area contributed by atoms with Crippen molar-refractivity contribution in [2.24, 2.45) is 11.0 Å². The molecule has 128 valence electrons. The molecule has 2 aromatic rings. The Balaban J connectivity index is 1.97. The molecule has 24 heavy (non-hydrogen) atoms. The van der Waals surface area contributed by atoms with Gasteiger partial charge < -0.3 is 5.43 Å². The summed E-state index contributed by atoms with van der Waals surface area (Å²) in [5.74, 6) is 0.563. The molecule has 2 saturated carbocycles. The maximum Gasteiger partial charge on any atom is 0.332 e. The fraction of sp³-hybridized carbons (Fsp3) is 0.588. The summed E-state index contributed by atoms with van der Waals surface area (Å²) < 4.78 is 3.35. The molecule has 0 amide bonds. The van der Waals surface area contributed by atoms with Gasteiger partial charge >= 0.3 is 5.69 Å². The lowest BCUT2D eigenvalue weighted by molar-refractivity contribution is 0.274. The minimum absolute atomic E-state index is 0.0933. The van der Waals surface area contributed by atoms with Crippen LogP contribution in [-0.4, -0.2) is 22.4 Å². The van der Waals surface area contributed by atoms with Crippen LogP contribution in [0.15, 0.2) is 14.7 Å². The minimum atomic E-state index is -0.125. The predicted molar refractivity (Wildman–Crippen MR) is 97.3 cm³/mol. The average Bonchev–Trinajstić information content (AvgIpc) is 3.28. The molecule has 0 aliphatic heterocycles. The standard InChI is InChI=1S/C17H22N4O2S/c1-10-13(8-19-18-2)24-16-14(10)15(22)21(12-6-7-12)17(23)20(16)9-11-4-3-5-11/h8,11-12,18H,3-7,9H2,1-2H3/b19-8+. The van der Waals surface area contributed by atoms with E-state index in [1.165, 1.54) is 35.2 Å². The first kappa shape index (κ1) is 15.6. The van der Waals surface area contributed by atoms with E-state index >= 15 is 0 Å². The summed E-state index contributed by atoms with van der Waals surface area (Å²) in [6.45, 7) is 2.68. The van der Waals surface area contributed by atoms with Crippen LogP contribution in [-0.2, 0) is 6.54 Å². The van der Waals surface area contributed by atoms with Crippen molar-refractivity contribution in [3.63, 3.8) is 0 Å². The molecule has 4 rings (SSSR count). The number of nitrogens with one attached hydrogen (secondary N) is 1. The zero-order valence-electron chi connectivity index (χ0n) is 14.0. The van der Waals surface area contributed by atoms with Crippen LogP contribution in [0.2, 0.25) is 0 Å². The zero-order chi connectivity index (χ0) is 16.8. The van der Waals surface area contributed by atoms with Crippen LogP contribution in [0.1, 0.15) is 48.6 Å². The van der Waals surface area contributed by atoms with Gasteiger partial charge in [0.05, 0.1) is 16.5 Å². The van der Waals surface area contributed by atoms with E-state index in [4.69, 9.17) is 0 Å². The van der Waals surface area contributed by atoms with Gasteiger partial charge in [-0.15, -0.1) is 11.3 Å². The molecule has 1 N–H and O–H groups in total. The van der Waals surface area contributed by atoms with E-state index < -0.39 is 0 Å². The zero-order valence-corrected chi connectivity index (χ0v) is 14.9. The van der Waals surface area contributed by atoms with Gasteiger partial charge in [0.2, 0.25) is 0 Å². The lowest BCUT2D eigenvalue weighted by atomic mass is 9.85. The van der Waals surface area contributed by atoms with Gasteiger partial charge in [-0.3, -0.25) is 13.9 Å². The fourth-order valence-electron chi connectivity index (χ4n) is 3.38. The Hall–Kier alpha value is -1.89. The molecule has 0 aromatic carbocycles. The molecule has 0 spiro atoms. The Labute approximate surface area is 143 Å². The lowest BCUT2D eigenvalue weighted by Crippen LogP contribution is -2.40. The van der Waals surface area contributed by atoms with E-state index in [-0.39, 0.29) is 17.3 Å². The number of fused-ring (bicyclic) bond motifs is 1. The summed E-state index contributed by atoms with van der Waals surface area (Å²) in [7, 11) is 1.74. The second-order valence-electron chi connectivity index (χ2n) is 6.85. The number of rotatable bonds is 5. The summed E-state index contributed by atoms with van der Waals surface area (Å²) in [6, 6.07) is 0.0933. The summed E-state index contributed by atoms with van der Waals surface area (Å²) in [5, 5.41) is 4.77. The lowest BCUT2D eigenvalue weighted by Gasteiger charge is -2.26. The van der Waals surface area contributed by atoms with Gasteiger partial charge in [0.1, 0.15) is 4.83 Å². The number of hydrogen-bond donors (Lipinski definition) is 1. The highest BCUT2D eigenvalue weighted by molar-refractivity contribution is 7.20. The van der Waals surface area contributed by atoms with Crippen LogP contribution in [0.5, 0.6) is 0 Å². The Bertz CT molecular complexity index is 929. The van der Waals surface area contributed by atoms with E-state index in [1.54, 1.807) is 13.3 Å². The van der Waals surface area contributed by atoms with Gasteiger partial charge in [-0.25, -0.2) is 4.79 Å². The van der Waals surface area contributed by atoms with Crippen LogP contribution in [0.25, 0.3) is 10.2 Å². The van der Waals surface area contributed by atoms with Crippen molar-refractivity contribution in [1.29, 1.82) is 0 Å². The molecule has 7 heteroatoms. The van der Waals surface area contributed by atoms with Crippen LogP contribution in [0.3, 0.4) is 0 Å². The Morgan fingerprint density at radius 2 is 2.04 bits per heavy atom. The van der Waals surface area contributed by atoms with Crippen LogP contribution in [0, 0.1) is 12.8 Å². The van der Waals surface area contributed by atoms with Crippen molar-refractivity contribution in [1.82, 2.24) is 14.6 Å². The van der Waals surface area contributed by atoms with Gasteiger partial charge in [-0.2, -0.15) is 5.10 Å². The monoisotopic (exact) mass is 346 g/mol. The number of thiophene rings is 1. The summed E-state index contributed by atoms with van der Waals surface area (Å²) >= 11 is 1.50. The first-order valence-electron chi connectivity index (χ1n) is 8.60. The second kappa shape index (κ2) is 5.88. The number of hydrazone groups is 1. The maximum absolute atomic E-state index is 13.0. The Kier molecular flexibility index (Phi) is 3.83. The topological polar surface area (TPSA) is 68.4 Å². The van der Waals surface area contributed by atoms with Crippen molar-refractivity contribution >= 4 is 27.8 Å². The average molecular weight is 346 g/mol. The molecule has 2 aromatic heterocycles. The van der Waals surface area contributed by atoms with E-state index in [0.29, 0.717) is 11.3 Å². The Morgan fingerprint density at radius 3 is 2.62 bits per heavy atom. The normalized spacial score (nSPS) is 18.4. The minimum Gasteiger partial charge on any atom is -0.313 e. The molecular weight excluding hydrogens is 324 g/mol. The number of hydrogen-bond acceptors (Lipinski definition) is 5. The van der Waals surface area contributed by atoms with Gasteiger partial charge in [0.25, 0.3) is 5.56 Å². The van der Waals surface area contributed by atoms with Gasteiger partial charge in [0, 0.05) is 19.6 Å². The molecule has 0 bridgehead atoms. The molecule has 0 radical (unpaired) electrons. The van der Waals surface area contributed by atoms with E-state index in [9.17, 15) is 9.59 Å². The van der Waals surface area contributed by atoms with Crippen LogP contribution >= 0.6 is 11.3 Å². The molecule has 0 unspecified atom stereocenters. The van der Waals surface area contributed by atoms with Gasteiger partial charge in [0.15, 0.2) is 0 Å². The number of aromatic nitrogens is 2. The molecule has 2 aliphatic rings. The number of aryl methyl sites for hydroxylation is 1. The quantitative estimate of drug-likeness (QED) is 0.667. The predicted octanol–water partition coefficient (Wildman–Crippen LogP) is 2.22. The Morgan fingerprint density at radius 1 is 1.29 bits per heavy atom. The maximum atomic E-state index is 13.0. The van der Waals surface area contributed by atoms with Crippen molar-refractivity contribution < 1.29 is 0 Å². The second-order valence-corrected chi connectivity index (χ2v) is 7.88. The third-order valence-electron chi connectivity index (χ3n) is 5.17. The first-order valence-corrected chi connectivity index (χ1v) is 9.41. The van der Waals surface area contributed by atoms with E-state index in [2.05, 4.69) is 10.5 Å². The van der Waals surface area contributed by atoms with Gasteiger partial charge in [-0.1, -0.05) is 6.42 Å². The van der Waals surface area contributed by atoms with Gasteiger partial charge in [-0.05, 0) is 44.1 Å². The molecule has 2 aliphatic carbocycles. The summed E-state index contributed by atoms with van der Waals surface area (Å²) in [4.78, 5) is 27.7. The van der Waals surface area contributed by atoms with Crippen molar-refractivity contribution in [2.75, 3.05) is 7.05 Å². The van der Waals surface area contributed by atoms with E-state index in [0.717, 1.165) is 34.7 Å². The summed E-state index contributed by atoms with van der Waals surface area (Å²) in [6.07, 6.45) is 7.19. The molecular formula is C17H22N4O2S. The van der Waals surface area contributed by atoms with E-state index in [1.807, 2.05) is 11.5 Å². The molecule has 0 atom stereocenters. The van der Waals surface area contributed by atoms with Crippen LogP contribution < -0.4 is 16.7 Å². The number of nitrogens with zero attached hydrogens (tertiary/aromatic N) is 3. The highest BCUT2D eigenvalue weighted by atomic mass is 32.1. The van der Waals surface area contributed by atoms with Crippen molar-refractivity contribution in [3.8, 4) is 0 Å². The third-order valence-corrected chi connectivity index (χ3v) is 6.42. The third kappa shape index (κ3) is 2.42.